The molecule has 1 amide bonds. The molecule has 1 N–H and O–H groups in total. The van der Waals surface area contributed by atoms with Gasteiger partial charge in [-0.2, -0.15) is 13.2 Å². The smallest absolute Gasteiger partial charge is 0.379 e. The maximum Gasteiger partial charge on any atom is 0.416 e. The fraction of sp³-hybridized carbons (Fsp3) is 0.611. The summed E-state index contributed by atoms with van der Waals surface area (Å²) < 4.78 is 49.0. The van der Waals surface area contributed by atoms with Crippen molar-refractivity contribution in [2.75, 3.05) is 39.5 Å². The highest BCUT2D eigenvalue weighted by molar-refractivity contribution is 5.80. The number of hydrogen-bond donors (Lipinski definition) is 1. The van der Waals surface area contributed by atoms with Crippen molar-refractivity contribution in [2.24, 2.45) is 0 Å². The minimum atomic E-state index is -4.37. The van der Waals surface area contributed by atoms with Crippen LogP contribution in [-0.4, -0.2) is 56.4 Å². The van der Waals surface area contributed by atoms with Crippen LogP contribution in [0.25, 0.3) is 0 Å². The molecule has 5 nitrogen and oxygen atoms in total. The molecule has 1 aromatic rings. The molecule has 146 valence electrons. The van der Waals surface area contributed by atoms with Gasteiger partial charge >= 0.3 is 6.18 Å². The molecule has 0 aliphatic carbocycles. The fourth-order valence-electron chi connectivity index (χ4n) is 2.91. The number of amides is 1. The SMILES string of the molecule is CCO[C@@H](C)C(=O)NC[C@H](c1ccc(C(F)(F)F)cc1)N1CCOCC1. The number of carbonyl (C=O) groups excluding carboxylic acids is 1. The van der Waals surface area contributed by atoms with Gasteiger partial charge in [-0.05, 0) is 31.5 Å². The lowest BCUT2D eigenvalue weighted by Gasteiger charge is -2.35. The highest BCUT2D eigenvalue weighted by Crippen LogP contribution is 2.31. The largest absolute Gasteiger partial charge is 0.416 e. The molecule has 1 fully saturated rings. The standard InChI is InChI=1S/C18H25F3N2O3/c1-3-26-13(2)17(24)22-12-16(23-8-10-25-11-9-23)14-4-6-15(7-5-14)18(19,20)21/h4-7,13,16H,3,8-12H2,1-2H3,(H,22,24)/t13-,16+/m0/s1. The normalized spacial score (nSPS) is 18.3. The van der Waals surface area contributed by atoms with Gasteiger partial charge in [0.15, 0.2) is 0 Å². The molecule has 1 aliphatic rings. The third kappa shape index (κ3) is 5.69. The van der Waals surface area contributed by atoms with E-state index in [-0.39, 0.29) is 11.9 Å². The van der Waals surface area contributed by atoms with E-state index in [1.54, 1.807) is 6.92 Å². The molecule has 1 aromatic carbocycles. The second-order valence-electron chi connectivity index (χ2n) is 6.13. The quantitative estimate of drug-likeness (QED) is 0.797. The maximum absolute atomic E-state index is 12.8. The Morgan fingerprint density at radius 1 is 1.27 bits per heavy atom. The predicted octanol–water partition coefficient (Wildman–Crippen LogP) is 2.62. The van der Waals surface area contributed by atoms with Crippen LogP contribution in [0.4, 0.5) is 13.2 Å². The summed E-state index contributed by atoms with van der Waals surface area (Å²) in [5.74, 6) is -0.239. The third-order valence-corrected chi connectivity index (χ3v) is 4.36. The summed E-state index contributed by atoms with van der Waals surface area (Å²) in [6.07, 6.45) is -4.94. The number of carbonyl (C=O) groups is 1. The van der Waals surface area contributed by atoms with Crippen LogP contribution in [0.1, 0.15) is 31.0 Å². The van der Waals surface area contributed by atoms with Crippen LogP contribution in [0, 0.1) is 0 Å². The Hall–Kier alpha value is -1.64. The highest BCUT2D eigenvalue weighted by atomic mass is 19.4. The molecule has 1 aliphatic heterocycles. The van der Waals surface area contributed by atoms with E-state index in [1.807, 2.05) is 6.92 Å². The zero-order valence-corrected chi connectivity index (χ0v) is 15.0. The van der Waals surface area contributed by atoms with Crippen molar-refractivity contribution in [1.82, 2.24) is 10.2 Å². The van der Waals surface area contributed by atoms with Crippen LogP contribution in [0.15, 0.2) is 24.3 Å². The first-order valence-corrected chi connectivity index (χ1v) is 8.71. The molecule has 8 heteroatoms. The highest BCUT2D eigenvalue weighted by Gasteiger charge is 2.31. The Labute approximate surface area is 151 Å². The average molecular weight is 374 g/mol. The van der Waals surface area contributed by atoms with Gasteiger partial charge < -0.3 is 14.8 Å². The molecule has 0 aromatic heterocycles. The molecule has 26 heavy (non-hydrogen) atoms. The van der Waals surface area contributed by atoms with E-state index in [4.69, 9.17) is 9.47 Å². The lowest BCUT2D eigenvalue weighted by molar-refractivity contribution is -0.137. The molecule has 0 bridgehead atoms. The summed E-state index contributed by atoms with van der Waals surface area (Å²) in [5, 5.41) is 2.84. The minimum absolute atomic E-state index is 0.223. The molecular weight excluding hydrogens is 349 g/mol. The lowest BCUT2D eigenvalue weighted by Crippen LogP contribution is -2.45. The molecule has 0 unspecified atom stereocenters. The Morgan fingerprint density at radius 3 is 2.42 bits per heavy atom. The van der Waals surface area contributed by atoms with Crippen LogP contribution in [0.5, 0.6) is 0 Å². The minimum Gasteiger partial charge on any atom is -0.379 e. The molecule has 1 saturated heterocycles. The van der Waals surface area contributed by atoms with Gasteiger partial charge in [-0.15, -0.1) is 0 Å². The van der Waals surface area contributed by atoms with Crippen molar-refractivity contribution in [3.05, 3.63) is 35.4 Å². The van der Waals surface area contributed by atoms with Crippen molar-refractivity contribution in [2.45, 2.75) is 32.2 Å². The third-order valence-electron chi connectivity index (χ3n) is 4.36. The maximum atomic E-state index is 12.8. The molecule has 0 spiro atoms. The predicted molar refractivity (Wildman–Crippen MR) is 90.7 cm³/mol. The van der Waals surface area contributed by atoms with E-state index in [0.29, 0.717) is 39.5 Å². The topological polar surface area (TPSA) is 50.8 Å². The molecule has 0 saturated carbocycles. The van der Waals surface area contributed by atoms with Gasteiger partial charge in [-0.3, -0.25) is 9.69 Å². The van der Waals surface area contributed by atoms with E-state index < -0.39 is 17.8 Å². The Kier molecular flexibility index (Phi) is 7.43. The Morgan fingerprint density at radius 2 is 1.88 bits per heavy atom. The van der Waals surface area contributed by atoms with Gasteiger partial charge in [-0.1, -0.05) is 12.1 Å². The summed E-state index contributed by atoms with van der Waals surface area (Å²) in [7, 11) is 0. The monoisotopic (exact) mass is 374 g/mol. The fourth-order valence-corrected chi connectivity index (χ4v) is 2.91. The van der Waals surface area contributed by atoms with Gasteiger partial charge in [0.2, 0.25) is 5.91 Å². The molecular formula is C18H25F3N2O3. The summed E-state index contributed by atoms with van der Waals surface area (Å²) in [6.45, 7) is 6.62. The van der Waals surface area contributed by atoms with Gasteiger partial charge in [0, 0.05) is 26.2 Å². The van der Waals surface area contributed by atoms with Crippen LogP contribution < -0.4 is 5.32 Å². The molecule has 2 rings (SSSR count). The molecule has 2 atom stereocenters. The lowest BCUT2D eigenvalue weighted by atomic mass is 10.0. The zero-order valence-electron chi connectivity index (χ0n) is 15.0. The van der Waals surface area contributed by atoms with Crippen LogP contribution in [0.2, 0.25) is 0 Å². The van der Waals surface area contributed by atoms with Crippen molar-refractivity contribution in [3.8, 4) is 0 Å². The number of ether oxygens (including phenoxy) is 2. The first kappa shape index (κ1) is 20.7. The summed E-state index contributed by atoms with van der Waals surface area (Å²) in [4.78, 5) is 14.2. The van der Waals surface area contributed by atoms with Crippen molar-refractivity contribution in [3.63, 3.8) is 0 Å². The molecule has 1 heterocycles. The Bertz CT molecular complexity index is 572. The second-order valence-corrected chi connectivity index (χ2v) is 6.13. The number of morpholine rings is 1. The number of rotatable bonds is 7. The van der Waals surface area contributed by atoms with E-state index >= 15 is 0 Å². The van der Waals surface area contributed by atoms with Crippen LogP contribution in [0.3, 0.4) is 0 Å². The van der Waals surface area contributed by atoms with E-state index in [2.05, 4.69) is 10.2 Å². The number of alkyl halides is 3. The van der Waals surface area contributed by atoms with Crippen LogP contribution >= 0.6 is 0 Å². The number of nitrogens with one attached hydrogen (secondary N) is 1. The van der Waals surface area contributed by atoms with Crippen molar-refractivity contribution in [1.29, 1.82) is 0 Å². The van der Waals surface area contributed by atoms with E-state index in [9.17, 15) is 18.0 Å². The number of halogens is 3. The van der Waals surface area contributed by atoms with E-state index in [1.165, 1.54) is 12.1 Å². The first-order chi connectivity index (χ1) is 12.3. The zero-order chi connectivity index (χ0) is 19.2. The van der Waals surface area contributed by atoms with Gasteiger partial charge in [0.05, 0.1) is 24.8 Å². The number of benzene rings is 1. The summed E-state index contributed by atoms with van der Waals surface area (Å²) in [6, 6.07) is 4.88. The average Bonchev–Trinajstić information content (AvgIpc) is 2.62. The number of hydrogen-bond acceptors (Lipinski definition) is 4. The van der Waals surface area contributed by atoms with Crippen molar-refractivity contribution < 1.29 is 27.4 Å². The van der Waals surface area contributed by atoms with Gasteiger partial charge in [0.25, 0.3) is 0 Å². The van der Waals surface area contributed by atoms with Crippen LogP contribution in [-0.2, 0) is 20.4 Å². The summed E-state index contributed by atoms with van der Waals surface area (Å²) in [5.41, 5.74) is 0.0419. The first-order valence-electron chi connectivity index (χ1n) is 8.71. The van der Waals surface area contributed by atoms with Gasteiger partial charge in [0.1, 0.15) is 6.10 Å². The summed E-state index contributed by atoms with van der Waals surface area (Å²) >= 11 is 0. The van der Waals surface area contributed by atoms with E-state index in [0.717, 1.165) is 17.7 Å². The molecule has 0 radical (unpaired) electrons. The van der Waals surface area contributed by atoms with Gasteiger partial charge in [-0.25, -0.2) is 0 Å². The number of nitrogens with zero attached hydrogens (tertiary/aromatic N) is 1. The Balaban J connectivity index is 2.12. The van der Waals surface area contributed by atoms with Crippen molar-refractivity contribution >= 4 is 5.91 Å². The second kappa shape index (κ2) is 9.34.